The van der Waals surface area contributed by atoms with E-state index in [9.17, 15) is 0 Å². The van der Waals surface area contributed by atoms with Gasteiger partial charge in [0.15, 0.2) is 0 Å². The SMILES string of the molecule is CCNC(C)C(OCc1cc(C)cc(C)c1)(c1ccccc1)c1ccccc1. The average molecular weight is 374 g/mol. The van der Waals surface area contributed by atoms with E-state index in [1.54, 1.807) is 0 Å². The molecule has 0 spiro atoms. The molecule has 0 heterocycles. The molecular weight excluding hydrogens is 342 g/mol. The zero-order valence-electron chi connectivity index (χ0n) is 17.4. The Morgan fingerprint density at radius 2 is 1.32 bits per heavy atom. The predicted molar refractivity (Wildman–Crippen MR) is 118 cm³/mol. The first-order valence-corrected chi connectivity index (χ1v) is 10.1. The molecule has 0 aliphatic rings. The Hall–Kier alpha value is -2.42. The number of aryl methyl sites for hydroxylation is 2. The molecule has 0 saturated carbocycles. The van der Waals surface area contributed by atoms with Crippen molar-refractivity contribution in [3.8, 4) is 0 Å². The van der Waals surface area contributed by atoms with Crippen molar-refractivity contribution in [2.24, 2.45) is 0 Å². The van der Waals surface area contributed by atoms with Crippen molar-refractivity contribution in [3.63, 3.8) is 0 Å². The van der Waals surface area contributed by atoms with E-state index < -0.39 is 5.60 Å². The maximum atomic E-state index is 6.85. The lowest BCUT2D eigenvalue weighted by molar-refractivity contribution is -0.0529. The highest BCUT2D eigenvalue weighted by molar-refractivity contribution is 5.39. The maximum Gasteiger partial charge on any atom is 0.133 e. The highest BCUT2D eigenvalue weighted by Crippen LogP contribution is 2.38. The predicted octanol–water partition coefficient (Wildman–Crippen LogP) is 5.76. The molecule has 3 rings (SSSR count). The third kappa shape index (κ3) is 4.35. The van der Waals surface area contributed by atoms with Crippen LogP contribution in [0, 0.1) is 13.8 Å². The van der Waals surface area contributed by atoms with Gasteiger partial charge in [0.2, 0.25) is 0 Å². The number of benzene rings is 3. The van der Waals surface area contributed by atoms with Crippen LogP contribution < -0.4 is 5.32 Å². The maximum absolute atomic E-state index is 6.85. The molecule has 0 radical (unpaired) electrons. The van der Waals surface area contributed by atoms with Gasteiger partial charge in [0.1, 0.15) is 5.60 Å². The van der Waals surface area contributed by atoms with Crippen molar-refractivity contribution < 1.29 is 4.74 Å². The van der Waals surface area contributed by atoms with Gasteiger partial charge in [-0.1, -0.05) is 96.9 Å². The van der Waals surface area contributed by atoms with Crippen molar-refractivity contribution in [2.45, 2.75) is 45.9 Å². The Bertz CT molecular complexity index is 814. The fraction of sp³-hybridized carbons (Fsp3) is 0.308. The van der Waals surface area contributed by atoms with Crippen LogP contribution in [-0.4, -0.2) is 12.6 Å². The van der Waals surface area contributed by atoms with Crippen LogP contribution in [0.1, 0.15) is 41.7 Å². The Morgan fingerprint density at radius 3 is 1.79 bits per heavy atom. The number of ether oxygens (including phenoxy) is 1. The molecule has 146 valence electrons. The summed E-state index contributed by atoms with van der Waals surface area (Å²) < 4.78 is 6.85. The van der Waals surface area contributed by atoms with Gasteiger partial charge in [-0.25, -0.2) is 0 Å². The molecule has 2 nitrogen and oxygen atoms in total. The molecule has 3 aromatic carbocycles. The molecular formula is C26H31NO. The monoisotopic (exact) mass is 373 g/mol. The van der Waals surface area contributed by atoms with Crippen molar-refractivity contribution in [3.05, 3.63) is 107 Å². The molecule has 0 aliphatic heterocycles. The third-order valence-electron chi connectivity index (χ3n) is 5.27. The van der Waals surface area contributed by atoms with Crippen molar-refractivity contribution >= 4 is 0 Å². The zero-order chi connectivity index (χ0) is 20.0. The summed E-state index contributed by atoms with van der Waals surface area (Å²) in [7, 11) is 0. The van der Waals surface area contributed by atoms with Gasteiger partial charge in [0.05, 0.1) is 6.61 Å². The molecule has 0 saturated heterocycles. The highest BCUT2D eigenvalue weighted by Gasteiger charge is 2.40. The van der Waals surface area contributed by atoms with Crippen LogP contribution in [0.3, 0.4) is 0 Å². The molecule has 1 N–H and O–H groups in total. The van der Waals surface area contributed by atoms with E-state index in [-0.39, 0.29) is 6.04 Å². The molecule has 0 aromatic heterocycles. The first-order chi connectivity index (χ1) is 13.6. The van der Waals surface area contributed by atoms with Gasteiger partial charge in [0.25, 0.3) is 0 Å². The Labute approximate surface area is 169 Å². The van der Waals surface area contributed by atoms with Crippen LogP contribution in [0.4, 0.5) is 0 Å². The molecule has 0 aliphatic carbocycles. The van der Waals surface area contributed by atoms with Gasteiger partial charge >= 0.3 is 0 Å². The Kier molecular flexibility index (Phi) is 6.66. The van der Waals surface area contributed by atoms with Gasteiger partial charge in [-0.2, -0.15) is 0 Å². The Morgan fingerprint density at radius 1 is 0.821 bits per heavy atom. The lowest BCUT2D eigenvalue weighted by Gasteiger charge is -2.40. The summed E-state index contributed by atoms with van der Waals surface area (Å²) in [5, 5.41) is 3.62. The minimum absolute atomic E-state index is 0.105. The standard InChI is InChI=1S/C26H31NO/c1-5-27-22(4)26(24-12-8-6-9-13-24,25-14-10-7-11-15-25)28-19-23-17-20(2)16-21(3)18-23/h6-18,22,27H,5,19H2,1-4H3. The molecule has 28 heavy (non-hydrogen) atoms. The average Bonchev–Trinajstić information content (AvgIpc) is 2.70. The summed E-state index contributed by atoms with van der Waals surface area (Å²) in [6, 6.07) is 27.9. The largest absolute Gasteiger partial charge is 0.359 e. The number of rotatable bonds is 8. The number of nitrogens with one attached hydrogen (secondary N) is 1. The second-order valence-corrected chi connectivity index (χ2v) is 7.53. The first-order valence-electron chi connectivity index (χ1n) is 10.1. The molecule has 0 bridgehead atoms. The van der Waals surface area contributed by atoms with E-state index in [0.717, 1.165) is 6.54 Å². The molecule has 1 unspecified atom stereocenters. The van der Waals surface area contributed by atoms with E-state index in [4.69, 9.17) is 4.74 Å². The minimum Gasteiger partial charge on any atom is -0.359 e. The molecule has 0 amide bonds. The molecule has 0 fully saturated rings. The number of hydrogen-bond donors (Lipinski definition) is 1. The second-order valence-electron chi connectivity index (χ2n) is 7.53. The van der Waals surface area contributed by atoms with Crippen molar-refractivity contribution in [1.29, 1.82) is 0 Å². The quantitative estimate of drug-likeness (QED) is 0.542. The summed E-state index contributed by atoms with van der Waals surface area (Å²) in [6.07, 6.45) is 0. The summed E-state index contributed by atoms with van der Waals surface area (Å²) in [5.74, 6) is 0. The smallest absolute Gasteiger partial charge is 0.133 e. The molecule has 3 aromatic rings. The zero-order valence-corrected chi connectivity index (χ0v) is 17.4. The molecule has 2 heteroatoms. The third-order valence-corrected chi connectivity index (χ3v) is 5.27. The minimum atomic E-state index is -0.573. The van der Waals surface area contributed by atoms with Crippen LogP contribution in [0.5, 0.6) is 0 Å². The van der Waals surface area contributed by atoms with Crippen LogP contribution in [0.25, 0.3) is 0 Å². The van der Waals surface area contributed by atoms with Crippen LogP contribution in [0.15, 0.2) is 78.9 Å². The van der Waals surface area contributed by atoms with Crippen LogP contribution in [0.2, 0.25) is 0 Å². The summed E-state index contributed by atoms with van der Waals surface area (Å²) in [6.45, 7) is 10.1. The normalized spacial score (nSPS) is 12.7. The topological polar surface area (TPSA) is 21.3 Å². The van der Waals surface area contributed by atoms with Crippen molar-refractivity contribution in [2.75, 3.05) is 6.54 Å². The van der Waals surface area contributed by atoms with Crippen LogP contribution >= 0.6 is 0 Å². The fourth-order valence-electron chi connectivity index (χ4n) is 4.13. The lowest BCUT2D eigenvalue weighted by Crippen LogP contribution is -2.49. The second kappa shape index (κ2) is 9.18. The van der Waals surface area contributed by atoms with E-state index in [0.29, 0.717) is 6.61 Å². The summed E-state index contributed by atoms with van der Waals surface area (Å²) in [4.78, 5) is 0. The van der Waals surface area contributed by atoms with Crippen molar-refractivity contribution in [1.82, 2.24) is 5.32 Å². The van der Waals surface area contributed by atoms with E-state index in [2.05, 4.69) is 112 Å². The van der Waals surface area contributed by atoms with E-state index in [1.165, 1.54) is 27.8 Å². The number of hydrogen-bond acceptors (Lipinski definition) is 2. The first kappa shape index (κ1) is 20.3. The summed E-state index contributed by atoms with van der Waals surface area (Å²) in [5.41, 5.74) is 5.50. The van der Waals surface area contributed by atoms with Gasteiger partial charge in [-0.3, -0.25) is 0 Å². The van der Waals surface area contributed by atoms with E-state index >= 15 is 0 Å². The highest BCUT2D eigenvalue weighted by atomic mass is 16.5. The van der Waals surface area contributed by atoms with E-state index in [1.807, 2.05) is 0 Å². The Balaban J connectivity index is 2.08. The van der Waals surface area contributed by atoms with Gasteiger partial charge in [-0.05, 0) is 44.0 Å². The van der Waals surface area contributed by atoms with Gasteiger partial charge in [0, 0.05) is 6.04 Å². The number of likely N-dealkylation sites (N-methyl/N-ethyl adjacent to an activating group) is 1. The molecule has 1 atom stereocenters. The fourth-order valence-corrected chi connectivity index (χ4v) is 4.13. The van der Waals surface area contributed by atoms with Gasteiger partial charge in [-0.15, -0.1) is 0 Å². The van der Waals surface area contributed by atoms with Gasteiger partial charge < -0.3 is 10.1 Å². The van der Waals surface area contributed by atoms with Crippen LogP contribution in [-0.2, 0) is 16.9 Å². The summed E-state index contributed by atoms with van der Waals surface area (Å²) >= 11 is 0. The lowest BCUT2D eigenvalue weighted by atomic mass is 9.80.